The van der Waals surface area contributed by atoms with Gasteiger partial charge in [0.15, 0.2) is 34.9 Å². The summed E-state index contributed by atoms with van der Waals surface area (Å²) in [6, 6.07) is 165. The molecule has 0 radical (unpaired) electrons. The van der Waals surface area contributed by atoms with Crippen LogP contribution >= 0.6 is 22.7 Å². The third-order valence-corrected chi connectivity index (χ3v) is 28.0. The summed E-state index contributed by atoms with van der Waals surface area (Å²) in [5, 5.41) is 9.82. The zero-order chi connectivity index (χ0) is 89.9. The van der Waals surface area contributed by atoms with Crippen molar-refractivity contribution in [2.75, 3.05) is 0 Å². The van der Waals surface area contributed by atoms with E-state index in [4.69, 9.17) is 39.9 Å². The molecule has 0 aliphatic carbocycles. The number of benzene rings is 18. The highest BCUT2D eigenvalue weighted by Crippen LogP contribution is 2.49. The van der Waals surface area contributed by atoms with Crippen LogP contribution in [0.4, 0.5) is 0 Å². The van der Waals surface area contributed by atoms with Crippen LogP contribution in [-0.2, 0) is 0 Å². The molecular formula is C124H78N10S2. The Morgan fingerprint density at radius 1 is 0.169 bits per heavy atom. The van der Waals surface area contributed by atoms with E-state index in [0.29, 0.717) is 40.6 Å². The third-order valence-electron chi connectivity index (χ3n) is 25.7. The molecule has 0 spiro atoms. The highest BCUT2D eigenvalue weighted by atomic mass is 32.1. The van der Waals surface area contributed by atoms with Crippen LogP contribution < -0.4 is 0 Å². The first-order chi connectivity index (χ1) is 67.4. The van der Waals surface area contributed by atoms with Gasteiger partial charge in [0.1, 0.15) is 5.69 Å². The van der Waals surface area contributed by atoms with Gasteiger partial charge < -0.3 is 9.13 Å². The van der Waals surface area contributed by atoms with Crippen LogP contribution in [0.2, 0.25) is 0 Å². The first kappa shape index (κ1) is 80.4. The summed E-state index contributed by atoms with van der Waals surface area (Å²) in [4.78, 5) is 42.3. The summed E-state index contributed by atoms with van der Waals surface area (Å²) in [6.45, 7) is 0. The number of hydrogen-bond donors (Lipinski definition) is 0. The number of hydrogen-bond acceptors (Lipinski definition) is 10. The molecule has 636 valence electrons. The van der Waals surface area contributed by atoms with E-state index < -0.39 is 0 Å². The molecule has 8 aromatic heterocycles. The summed E-state index contributed by atoms with van der Waals surface area (Å²) in [5.41, 5.74) is 28.9. The predicted molar refractivity (Wildman–Crippen MR) is 566 cm³/mol. The van der Waals surface area contributed by atoms with E-state index in [2.05, 4.69) is 379 Å². The molecule has 0 bridgehead atoms. The van der Waals surface area contributed by atoms with Crippen molar-refractivity contribution in [3.05, 3.63) is 473 Å². The summed E-state index contributed by atoms with van der Waals surface area (Å²) in [6.07, 6.45) is 2.02. The molecule has 0 atom stereocenters. The van der Waals surface area contributed by atoms with Crippen molar-refractivity contribution in [2.45, 2.75) is 0 Å². The van der Waals surface area contributed by atoms with Crippen LogP contribution in [0.1, 0.15) is 0 Å². The summed E-state index contributed by atoms with van der Waals surface area (Å²) < 4.78 is 9.58. The average Bonchev–Trinajstić information content (AvgIpc) is 1.57. The molecule has 0 N–H and O–H groups in total. The van der Waals surface area contributed by atoms with Gasteiger partial charge >= 0.3 is 0 Å². The second-order valence-electron chi connectivity index (χ2n) is 34.1. The Bertz CT molecular complexity index is 8820. The molecule has 136 heavy (non-hydrogen) atoms. The van der Waals surface area contributed by atoms with Crippen LogP contribution in [0.3, 0.4) is 0 Å². The highest BCUT2D eigenvalue weighted by Gasteiger charge is 2.27. The number of aromatic nitrogens is 10. The molecule has 0 saturated heterocycles. The number of nitrogens with zero attached hydrogens (tertiary/aromatic N) is 10. The van der Waals surface area contributed by atoms with Gasteiger partial charge in [-0.15, -0.1) is 22.7 Å². The van der Waals surface area contributed by atoms with Gasteiger partial charge in [0.25, 0.3) is 0 Å². The van der Waals surface area contributed by atoms with E-state index in [1.54, 1.807) is 0 Å². The van der Waals surface area contributed by atoms with Gasteiger partial charge in [-0.2, -0.15) is 0 Å². The molecule has 0 fully saturated rings. The molecule has 12 heteroatoms. The molecule has 0 aliphatic rings. The Morgan fingerprint density at radius 3 is 0.978 bits per heavy atom. The fraction of sp³-hybridized carbons (Fsp3) is 0. The van der Waals surface area contributed by atoms with Crippen molar-refractivity contribution in [3.8, 4) is 169 Å². The number of pyridine rings is 2. The number of para-hydroxylation sites is 4. The van der Waals surface area contributed by atoms with Crippen LogP contribution in [0, 0.1) is 0 Å². The molecule has 10 nitrogen and oxygen atoms in total. The standard InChI is InChI=1S/2C62H39N5S/c1-6-19-40(20-7-1)44-33-45(41-21-8-2-9-22-41)35-46(34-44)47-36-54(62-65-60(42-23-10-3-11-24-42)64-61(66-62)43-25-12-4-13-26-43)58(63-39-47)51-31-18-30-50-53-37-52-49-29-16-17-32-55(49)67(48-27-14-5-15-28-48)56(52)38-57(53)68-59(50)51;1-6-18-40(19-7-1)45-34-46(41-20-8-2-9-21-41)36-47(35-45)54-33-32-49(59(63-54)62-65-60(42-22-10-3-11-23-42)64-61(66-62)43-24-12-4-13-25-43)44-30-31-51-53-38-52-50-28-16-17-29-55(50)67(48-26-14-5-15-27-48)56(52)39-58(53)68-57(51)37-44/h2*1-39H. The fourth-order valence-corrected chi connectivity index (χ4v) is 21.6. The van der Waals surface area contributed by atoms with E-state index in [0.717, 1.165) is 133 Å². The lowest BCUT2D eigenvalue weighted by Gasteiger charge is -2.15. The largest absolute Gasteiger partial charge is 0.309 e. The van der Waals surface area contributed by atoms with Crippen molar-refractivity contribution in [2.24, 2.45) is 0 Å². The van der Waals surface area contributed by atoms with E-state index in [1.165, 1.54) is 79.3 Å². The van der Waals surface area contributed by atoms with Crippen LogP contribution in [0.15, 0.2) is 473 Å². The molecule has 0 unspecified atom stereocenters. The molecule has 0 amide bonds. The Morgan fingerprint density at radius 2 is 0.529 bits per heavy atom. The van der Waals surface area contributed by atoms with Gasteiger partial charge in [-0.05, 0) is 177 Å². The first-order valence-electron chi connectivity index (χ1n) is 45.6. The fourth-order valence-electron chi connectivity index (χ4n) is 19.2. The van der Waals surface area contributed by atoms with E-state index in [9.17, 15) is 0 Å². The Kier molecular flexibility index (Phi) is 20.4. The van der Waals surface area contributed by atoms with Gasteiger partial charge in [0.2, 0.25) is 0 Å². The quantitative estimate of drug-likeness (QED) is 0.0940. The van der Waals surface area contributed by atoms with Crippen molar-refractivity contribution < 1.29 is 0 Å². The zero-order valence-corrected chi connectivity index (χ0v) is 75.0. The van der Waals surface area contributed by atoms with Crippen LogP contribution in [-0.4, -0.2) is 49.0 Å². The van der Waals surface area contributed by atoms with E-state index in [-0.39, 0.29) is 0 Å². The van der Waals surface area contributed by atoms with Crippen molar-refractivity contribution >= 4 is 107 Å². The summed E-state index contributed by atoms with van der Waals surface area (Å²) >= 11 is 3.63. The molecular weight excluding hydrogens is 1690 g/mol. The number of rotatable bonds is 16. The number of thiophene rings is 2. The van der Waals surface area contributed by atoms with Crippen LogP contribution in [0.25, 0.3) is 253 Å². The molecule has 26 aromatic rings. The normalized spacial score (nSPS) is 11.5. The molecule has 8 heterocycles. The smallest absolute Gasteiger partial charge is 0.183 e. The van der Waals surface area contributed by atoms with Crippen molar-refractivity contribution in [1.29, 1.82) is 0 Å². The first-order valence-corrected chi connectivity index (χ1v) is 47.2. The second kappa shape index (κ2) is 34.6. The lowest BCUT2D eigenvalue weighted by molar-refractivity contribution is 1.06. The minimum atomic E-state index is 0.504. The highest BCUT2D eigenvalue weighted by molar-refractivity contribution is 7.26. The summed E-state index contributed by atoms with van der Waals surface area (Å²) in [5.74, 6) is 3.43. The number of fused-ring (bicyclic) bond motifs is 12. The molecule has 26 rings (SSSR count). The predicted octanol–water partition coefficient (Wildman–Crippen LogP) is 32.8. The zero-order valence-electron chi connectivity index (χ0n) is 73.3. The average molecular weight is 1770 g/mol. The SMILES string of the molecule is c1ccc(-c2cc(-c3ccccc3)cc(-c3ccc(-c4ccc5c(c4)sc4cc6c(cc45)c4ccccc4n6-c4ccccc4)c(-c4nc(-c5ccccc5)nc(-c5ccccc5)n4)n3)c2)cc1.c1ccc(-c2cc(-c3ccccc3)cc(-c3cnc(-c4cccc5c4sc4cc6c(cc45)c4ccccc4n6-c4ccccc4)c(-c4nc(-c5ccccc5)nc(-c5ccccc5)n4)c3)c2)cc1. The maximum Gasteiger partial charge on any atom is 0.183 e. The summed E-state index contributed by atoms with van der Waals surface area (Å²) in [7, 11) is 0. The Hall–Kier alpha value is -17.7. The topological polar surface area (TPSA) is 113 Å². The minimum Gasteiger partial charge on any atom is -0.309 e. The lowest BCUT2D eigenvalue weighted by atomic mass is 9.92. The maximum atomic E-state index is 5.60. The Balaban J connectivity index is 0.000000145. The third kappa shape index (κ3) is 15.0. The van der Waals surface area contributed by atoms with Gasteiger partial charge in [-0.25, -0.2) is 34.9 Å². The van der Waals surface area contributed by atoms with E-state index >= 15 is 0 Å². The molecule has 0 saturated carbocycles. The molecule has 18 aromatic carbocycles. The minimum absolute atomic E-state index is 0.504. The van der Waals surface area contributed by atoms with Gasteiger partial charge in [0.05, 0.1) is 33.5 Å². The van der Waals surface area contributed by atoms with E-state index in [1.807, 2.05) is 126 Å². The second-order valence-corrected chi connectivity index (χ2v) is 36.2. The van der Waals surface area contributed by atoms with Crippen LogP contribution in [0.5, 0.6) is 0 Å². The molecule has 0 aliphatic heterocycles. The van der Waals surface area contributed by atoms with Crippen molar-refractivity contribution in [3.63, 3.8) is 0 Å². The van der Waals surface area contributed by atoms with Gasteiger partial charge in [-0.3, -0.25) is 4.98 Å². The lowest BCUT2D eigenvalue weighted by Crippen LogP contribution is -2.03. The van der Waals surface area contributed by atoms with Gasteiger partial charge in [0, 0.05) is 130 Å². The monoisotopic (exact) mass is 1770 g/mol. The van der Waals surface area contributed by atoms with Gasteiger partial charge in [-0.1, -0.05) is 346 Å². The maximum absolute atomic E-state index is 5.60. The van der Waals surface area contributed by atoms with Crippen molar-refractivity contribution in [1.82, 2.24) is 49.0 Å². The Labute approximate surface area is 792 Å².